The Hall–Kier alpha value is -2.03. The molecule has 0 radical (unpaired) electrons. The monoisotopic (exact) mass is 422 g/mol. The molecule has 0 N–H and O–H groups in total. The lowest BCUT2D eigenvalue weighted by Crippen LogP contribution is -2.21. The van der Waals surface area contributed by atoms with Crippen LogP contribution < -0.4 is 0 Å². The Morgan fingerprint density at radius 3 is 2.39 bits per heavy atom. The zero-order valence-corrected chi connectivity index (χ0v) is 18.6. The first-order chi connectivity index (χ1) is 13.4. The van der Waals surface area contributed by atoms with Gasteiger partial charge in [-0.2, -0.15) is 0 Å². The fraction of sp³-hybridized carbons (Fsp3) is 0.450. The minimum atomic E-state index is -0.462. The van der Waals surface area contributed by atoms with Crippen molar-refractivity contribution in [3.05, 3.63) is 39.4 Å². The first-order valence-corrected chi connectivity index (χ1v) is 10.6. The highest BCUT2D eigenvalue weighted by atomic mass is 32.1. The Labute approximate surface area is 173 Å². The summed E-state index contributed by atoms with van der Waals surface area (Å²) in [5.74, 6) is 0.271. The minimum Gasteiger partial charge on any atom is -0.500 e. The summed E-state index contributed by atoms with van der Waals surface area (Å²) in [6.45, 7) is 6.19. The zero-order valence-electron chi connectivity index (χ0n) is 17.0. The highest BCUT2D eigenvalue weighted by Crippen LogP contribution is 2.29. The van der Waals surface area contributed by atoms with Gasteiger partial charge in [-0.3, -0.25) is 0 Å². The van der Waals surface area contributed by atoms with E-state index in [0.29, 0.717) is 11.7 Å². The van der Waals surface area contributed by atoms with Crippen LogP contribution in [0.2, 0.25) is 0 Å². The molecule has 2 atom stereocenters. The number of aromatic nitrogens is 2. The maximum absolute atomic E-state index is 11.5. The number of methoxy groups -OCH3 is 3. The molecule has 0 fully saturated rings. The van der Waals surface area contributed by atoms with Gasteiger partial charge in [-0.15, -0.1) is 22.7 Å². The molecule has 28 heavy (non-hydrogen) atoms. The van der Waals surface area contributed by atoms with E-state index in [1.807, 2.05) is 29.8 Å². The Bertz CT molecular complexity index is 839. The van der Waals surface area contributed by atoms with Crippen LogP contribution in [0.3, 0.4) is 0 Å². The average Bonchev–Trinajstić information content (AvgIpc) is 3.35. The lowest BCUT2D eigenvalue weighted by atomic mass is 10.0. The minimum absolute atomic E-state index is 0.171. The first-order valence-electron chi connectivity index (χ1n) is 8.85. The van der Waals surface area contributed by atoms with Gasteiger partial charge in [-0.05, 0) is 6.08 Å². The van der Waals surface area contributed by atoms with Crippen molar-refractivity contribution in [1.29, 1.82) is 0 Å². The normalized spacial score (nSPS) is 14.5. The molecule has 2 heterocycles. The van der Waals surface area contributed by atoms with Crippen LogP contribution in [0.15, 0.2) is 28.7 Å². The summed E-state index contributed by atoms with van der Waals surface area (Å²) in [6, 6.07) is 0. The summed E-state index contributed by atoms with van der Waals surface area (Å²) < 4.78 is 15.6. The number of nitrogens with zero attached hydrogens (tertiary/aromatic N) is 2. The number of ether oxygens (including phenoxy) is 3. The van der Waals surface area contributed by atoms with E-state index < -0.39 is 5.97 Å². The zero-order chi connectivity index (χ0) is 20.7. The smallest absolute Gasteiger partial charge is 0.333 e. The maximum atomic E-state index is 11.5. The van der Waals surface area contributed by atoms with Crippen molar-refractivity contribution in [3.8, 4) is 10.7 Å². The fourth-order valence-corrected chi connectivity index (χ4v) is 4.13. The Balaban J connectivity index is 2.13. The highest BCUT2D eigenvalue weighted by Gasteiger charge is 2.20. The predicted octanol–water partition coefficient (Wildman–Crippen LogP) is 4.76. The number of hydrogen-bond donors (Lipinski definition) is 0. The van der Waals surface area contributed by atoms with E-state index in [2.05, 4.69) is 28.6 Å². The van der Waals surface area contributed by atoms with Crippen molar-refractivity contribution in [3.63, 3.8) is 0 Å². The molecule has 0 aliphatic carbocycles. The molecule has 0 bridgehead atoms. The van der Waals surface area contributed by atoms with Gasteiger partial charge in [-0.25, -0.2) is 14.8 Å². The van der Waals surface area contributed by atoms with E-state index in [0.717, 1.165) is 21.4 Å². The summed E-state index contributed by atoms with van der Waals surface area (Å²) in [5.41, 5.74) is 1.75. The van der Waals surface area contributed by atoms with E-state index in [-0.39, 0.29) is 12.0 Å². The molecule has 0 aliphatic rings. The van der Waals surface area contributed by atoms with Gasteiger partial charge in [0.2, 0.25) is 0 Å². The van der Waals surface area contributed by atoms with Crippen LogP contribution in [0.4, 0.5) is 0 Å². The van der Waals surface area contributed by atoms with Gasteiger partial charge in [0.15, 0.2) is 0 Å². The molecule has 0 saturated carbocycles. The second kappa shape index (κ2) is 10.5. The van der Waals surface area contributed by atoms with Crippen LogP contribution in [0.25, 0.3) is 16.8 Å². The molecule has 0 aromatic carbocycles. The average molecular weight is 423 g/mol. The molecule has 2 rings (SSSR count). The van der Waals surface area contributed by atoms with Crippen molar-refractivity contribution in [2.75, 3.05) is 21.3 Å². The second-order valence-corrected chi connectivity index (χ2v) is 8.17. The fourth-order valence-electron chi connectivity index (χ4n) is 2.49. The molecular formula is C20H26N2O4S2. The van der Waals surface area contributed by atoms with Crippen LogP contribution in [0, 0.1) is 5.92 Å². The highest BCUT2D eigenvalue weighted by molar-refractivity contribution is 7.14. The lowest BCUT2D eigenvalue weighted by molar-refractivity contribution is -0.135. The SMILES string of the molecule is COC(=O)C=C(OC)[C@H](C)[C@H](/C=C/c1csc(-c2csc(C(C)C)n2)n1)OC. The number of carbonyl (C=O) groups excluding carboxylic acids is 1. The van der Waals surface area contributed by atoms with Crippen LogP contribution in [0.5, 0.6) is 0 Å². The molecule has 0 saturated heterocycles. The first kappa shape index (κ1) is 22.3. The van der Waals surface area contributed by atoms with Gasteiger partial charge in [0.25, 0.3) is 0 Å². The molecular weight excluding hydrogens is 396 g/mol. The largest absolute Gasteiger partial charge is 0.500 e. The van der Waals surface area contributed by atoms with Gasteiger partial charge in [0.1, 0.15) is 16.5 Å². The lowest BCUT2D eigenvalue weighted by Gasteiger charge is -2.21. The van der Waals surface area contributed by atoms with Crippen molar-refractivity contribution >= 4 is 34.7 Å². The van der Waals surface area contributed by atoms with Crippen molar-refractivity contribution in [2.24, 2.45) is 5.92 Å². The van der Waals surface area contributed by atoms with E-state index in [1.165, 1.54) is 20.3 Å². The molecule has 0 aliphatic heterocycles. The molecule has 8 heteroatoms. The Kier molecular flexibility index (Phi) is 8.35. The molecule has 0 amide bonds. The van der Waals surface area contributed by atoms with E-state index in [4.69, 9.17) is 9.47 Å². The van der Waals surface area contributed by atoms with E-state index >= 15 is 0 Å². The second-order valence-electron chi connectivity index (χ2n) is 6.43. The van der Waals surface area contributed by atoms with Crippen LogP contribution in [0.1, 0.15) is 37.4 Å². The number of thiazole rings is 2. The van der Waals surface area contributed by atoms with E-state index in [1.54, 1.807) is 29.8 Å². The number of esters is 1. The Morgan fingerprint density at radius 1 is 1.07 bits per heavy atom. The summed E-state index contributed by atoms with van der Waals surface area (Å²) in [7, 11) is 4.47. The van der Waals surface area contributed by atoms with Crippen molar-refractivity contribution in [2.45, 2.75) is 32.8 Å². The van der Waals surface area contributed by atoms with Crippen molar-refractivity contribution < 1.29 is 19.0 Å². The third kappa shape index (κ3) is 5.73. The number of rotatable bonds is 9. The molecule has 0 unspecified atom stereocenters. The van der Waals surface area contributed by atoms with Gasteiger partial charge in [-0.1, -0.05) is 26.8 Å². The van der Waals surface area contributed by atoms with Crippen LogP contribution in [-0.2, 0) is 19.0 Å². The summed E-state index contributed by atoms with van der Waals surface area (Å²) in [6.07, 6.45) is 4.87. The van der Waals surface area contributed by atoms with E-state index in [9.17, 15) is 4.79 Å². The number of carbonyl (C=O) groups is 1. The van der Waals surface area contributed by atoms with Gasteiger partial charge < -0.3 is 14.2 Å². The summed E-state index contributed by atoms with van der Waals surface area (Å²) >= 11 is 3.22. The maximum Gasteiger partial charge on any atom is 0.333 e. The molecule has 2 aromatic rings. The summed E-state index contributed by atoms with van der Waals surface area (Å²) in [5, 5.41) is 6.04. The van der Waals surface area contributed by atoms with Gasteiger partial charge in [0.05, 0.1) is 37.1 Å². The quantitative estimate of drug-likeness (QED) is 0.330. The summed E-state index contributed by atoms with van der Waals surface area (Å²) in [4.78, 5) is 20.8. The molecule has 0 spiro atoms. The number of hydrogen-bond acceptors (Lipinski definition) is 8. The van der Waals surface area contributed by atoms with Crippen LogP contribution >= 0.6 is 22.7 Å². The van der Waals surface area contributed by atoms with Crippen LogP contribution in [-0.4, -0.2) is 43.4 Å². The molecule has 6 nitrogen and oxygen atoms in total. The van der Waals surface area contributed by atoms with Gasteiger partial charge >= 0.3 is 5.97 Å². The predicted molar refractivity (Wildman–Crippen MR) is 113 cm³/mol. The van der Waals surface area contributed by atoms with Crippen molar-refractivity contribution in [1.82, 2.24) is 9.97 Å². The standard InChI is InChI=1S/C20H26N2O4S2/c1-12(2)19-22-15(11-28-19)20-21-14(10-27-20)7-8-16(24-4)13(3)17(25-5)9-18(23)26-6/h7-13,16H,1-6H3/b8-7+,17-9?/t13-,16+/m1/s1. The topological polar surface area (TPSA) is 70.5 Å². The molecule has 2 aromatic heterocycles. The molecule has 152 valence electrons. The third-order valence-corrected chi connectivity index (χ3v) is 6.15. The van der Waals surface area contributed by atoms with Gasteiger partial charge in [0, 0.05) is 29.7 Å². The third-order valence-electron chi connectivity index (χ3n) is 4.12. The Morgan fingerprint density at radius 2 is 1.82 bits per heavy atom.